The van der Waals surface area contributed by atoms with Gasteiger partial charge in [-0.2, -0.15) is 0 Å². The number of aryl methyl sites for hydroxylation is 2. The molecular formula is C21H25N3O3S. The zero-order chi connectivity index (χ0) is 19.5. The first-order chi connectivity index (χ1) is 13.6. The summed E-state index contributed by atoms with van der Waals surface area (Å²) in [4.78, 5) is 22.1. The Labute approximate surface area is 168 Å². The van der Waals surface area contributed by atoms with E-state index in [1.165, 1.54) is 11.8 Å². The number of carbonyl (C=O) groups excluding carboxylic acids is 1. The molecule has 7 heteroatoms. The van der Waals surface area contributed by atoms with Crippen LogP contribution >= 0.6 is 11.3 Å². The maximum atomic E-state index is 13.1. The molecule has 0 unspecified atom stereocenters. The number of morpholine rings is 1. The van der Waals surface area contributed by atoms with Crippen LogP contribution in [0.2, 0.25) is 0 Å². The van der Waals surface area contributed by atoms with Gasteiger partial charge < -0.3 is 9.15 Å². The summed E-state index contributed by atoms with van der Waals surface area (Å²) in [6.07, 6.45) is 2.41. The van der Waals surface area contributed by atoms with E-state index < -0.39 is 0 Å². The molecule has 1 aliphatic heterocycles. The Hall–Kier alpha value is -2.22. The van der Waals surface area contributed by atoms with Crippen LogP contribution in [0.1, 0.15) is 28.1 Å². The quantitative estimate of drug-likeness (QED) is 0.630. The maximum Gasteiger partial charge on any atom is 0.295 e. The first-order valence-corrected chi connectivity index (χ1v) is 10.5. The standard InChI is InChI=1S/C21H25N3O3S/c1-15-6-7-16(2)19-18(15)22-21(28-19)24(20(25)17-5-3-12-27-17)9-4-8-23-10-13-26-14-11-23/h3,5-7,12H,4,8-11,13-14H2,1-2H3. The van der Waals surface area contributed by atoms with Gasteiger partial charge in [-0.1, -0.05) is 23.5 Å². The van der Waals surface area contributed by atoms with E-state index in [0.29, 0.717) is 12.3 Å². The number of nitrogens with zero attached hydrogens (tertiary/aromatic N) is 3. The minimum absolute atomic E-state index is 0.138. The predicted molar refractivity (Wildman–Crippen MR) is 111 cm³/mol. The molecule has 1 aromatic carbocycles. The molecule has 1 saturated heterocycles. The van der Waals surface area contributed by atoms with Crippen LogP contribution in [0, 0.1) is 13.8 Å². The lowest BCUT2D eigenvalue weighted by molar-refractivity contribution is 0.0376. The smallest absolute Gasteiger partial charge is 0.295 e. The topological polar surface area (TPSA) is 58.8 Å². The van der Waals surface area contributed by atoms with Crippen LogP contribution in [0.25, 0.3) is 10.2 Å². The number of rotatable bonds is 6. The van der Waals surface area contributed by atoms with E-state index in [1.54, 1.807) is 28.4 Å². The van der Waals surface area contributed by atoms with Crippen molar-refractivity contribution in [1.82, 2.24) is 9.88 Å². The highest BCUT2D eigenvalue weighted by molar-refractivity contribution is 7.22. The van der Waals surface area contributed by atoms with Crippen molar-refractivity contribution in [2.24, 2.45) is 0 Å². The van der Waals surface area contributed by atoms with Crippen LogP contribution in [-0.4, -0.2) is 55.2 Å². The summed E-state index contributed by atoms with van der Waals surface area (Å²) in [6.45, 7) is 9.15. The van der Waals surface area contributed by atoms with Crippen molar-refractivity contribution >= 4 is 32.6 Å². The Morgan fingerprint density at radius 3 is 2.71 bits per heavy atom. The number of carbonyl (C=O) groups is 1. The number of thiazole rings is 1. The molecule has 0 N–H and O–H groups in total. The van der Waals surface area contributed by atoms with Gasteiger partial charge in [0.1, 0.15) is 0 Å². The molecule has 0 spiro atoms. The zero-order valence-corrected chi connectivity index (χ0v) is 17.1. The molecule has 3 aromatic rings. The van der Waals surface area contributed by atoms with E-state index in [-0.39, 0.29) is 5.91 Å². The Bertz CT molecular complexity index is 906. The molecule has 1 aliphatic rings. The van der Waals surface area contributed by atoms with Gasteiger partial charge in [-0.25, -0.2) is 4.98 Å². The normalized spacial score (nSPS) is 15.2. The molecule has 3 heterocycles. The summed E-state index contributed by atoms with van der Waals surface area (Å²) in [5.74, 6) is 0.209. The number of anilines is 1. The number of furan rings is 1. The molecule has 1 amide bonds. The van der Waals surface area contributed by atoms with E-state index in [1.807, 2.05) is 0 Å². The van der Waals surface area contributed by atoms with E-state index in [0.717, 1.165) is 60.2 Å². The highest BCUT2D eigenvalue weighted by atomic mass is 32.1. The number of benzene rings is 1. The number of fused-ring (bicyclic) bond motifs is 1. The first-order valence-electron chi connectivity index (χ1n) is 9.65. The van der Waals surface area contributed by atoms with Gasteiger partial charge in [0.05, 0.1) is 29.7 Å². The van der Waals surface area contributed by atoms with Crippen LogP contribution in [0.5, 0.6) is 0 Å². The third kappa shape index (κ3) is 3.97. The molecule has 0 bridgehead atoms. The van der Waals surface area contributed by atoms with Gasteiger partial charge in [-0.15, -0.1) is 0 Å². The van der Waals surface area contributed by atoms with E-state index in [4.69, 9.17) is 14.1 Å². The van der Waals surface area contributed by atoms with Crippen molar-refractivity contribution in [2.45, 2.75) is 20.3 Å². The van der Waals surface area contributed by atoms with Gasteiger partial charge in [-0.3, -0.25) is 14.6 Å². The van der Waals surface area contributed by atoms with E-state index in [9.17, 15) is 4.79 Å². The van der Waals surface area contributed by atoms with Gasteiger partial charge in [0.15, 0.2) is 10.9 Å². The second-order valence-corrected chi connectivity index (χ2v) is 8.09. The third-order valence-corrected chi connectivity index (χ3v) is 6.31. The molecule has 2 aromatic heterocycles. The number of aromatic nitrogens is 1. The van der Waals surface area contributed by atoms with Gasteiger partial charge in [-0.05, 0) is 43.5 Å². The largest absolute Gasteiger partial charge is 0.459 e. The summed E-state index contributed by atoms with van der Waals surface area (Å²) < 4.78 is 11.9. The van der Waals surface area contributed by atoms with Crippen molar-refractivity contribution in [1.29, 1.82) is 0 Å². The van der Waals surface area contributed by atoms with Crippen LogP contribution < -0.4 is 4.90 Å². The van der Waals surface area contributed by atoms with Crippen molar-refractivity contribution in [3.8, 4) is 0 Å². The monoisotopic (exact) mass is 399 g/mol. The maximum absolute atomic E-state index is 13.1. The van der Waals surface area contributed by atoms with Crippen LogP contribution in [0.15, 0.2) is 34.9 Å². The SMILES string of the molecule is Cc1ccc(C)c2sc(N(CCCN3CCOCC3)C(=O)c3ccco3)nc12. The Morgan fingerprint density at radius 2 is 2.00 bits per heavy atom. The molecular weight excluding hydrogens is 374 g/mol. The first kappa shape index (κ1) is 19.1. The predicted octanol–water partition coefficient (Wildman–Crippen LogP) is 3.88. The Morgan fingerprint density at radius 1 is 1.21 bits per heavy atom. The average Bonchev–Trinajstić information content (AvgIpc) is 3.39. The van der Waals surface area contributed by atoms with Crippen LogP contribution in [-0.2, 0) is 4.74 Å². The zero-order valence-electron chi connectivity index (χ0n) is 16.3. The summed E-state index contributed by atoms with van der Waals surface area (Å²) in [5.41, 5.74) is 3.29. The number of ether oxygens (including phenoxy) is 1. The highest BCUT2D eigenvalue weighted by Crippen LogP contribution is 2.33. The fraction of sp³-hybridized carbons (Fsp3) is 0.429. The van der Waals surface area contributed by atoms with Crippen molar-refractivity contribution in [3.05, 3.63) is 47.4 Å². The number of hydrogen-bond donors (Lipinski definition) is 0. The molecule has 1 fully saturated rings. The molecule has 148 valence electrons. The number of hydrogen-bond acceptors (Lipinski definition) is 6. The molecule has 4 rings (SSSR count). The van der Waals surface area contributed by atoms with Crippen molar-refractivity contribution < 1.29 is 13.9 Å². The van der Waals surface area contributed by atoms with Gasteiger partial charge in [0, 0.05) is 26.2 Å². The molecule has 0 atom stereocenters. The van der Waals surface area contributed by atoms with Crippen molar-refractivity contribution in [3.63, 3.8) is 0 Å². The molecule has 0 radical (unpaired) electrons. The fourth-order valence-electron chi connectivity index (χ4n) is 3.46. The van der Waals surface area contributed by atoms with E-state index >= 15 is 0 Å². The lowest BCUT2D eigenvalue weighted by Crippen LogP contribution is -2.39. The molecule has 0 saturated carbocycles. The van der Waals surface area contributed by atoms with Crippen LogP contribution in [0.4, 0.5) is 5.13 Å². The Balaban J connectivity index is 1.58. The summed E-state index contributed by atoms with van der Waals surface area (Å²) in [7, 11) is 0. The summed E-state index contributed by atoms with van der Waals surface area (Å²) in [6, 6.07) is 7.64. The number of amides is 1. The van der Waals surface area contributed by atoms with Crippen LogP contribution in [0.3, 0.4) is 0 Å². The van der Waals surface area contributed by atoms with Gasteiger partial charge in [0.25, 0.3) is 5.91 Å². The molecule has 0 aliphatic carbocycles. The fourth-order valence-corrected chi connectivity index (χ4v) is 4.59. The molecule has 28 heavy (non-hydrogen) atoms. The average molecular weight is 400 g/mol. The lowest BCUT2D eigenvalue weighted by atomic mass is 10.1. The second kappa shape index (κ2) is 8.43. The highest BCUT2D eigenvalue weighted by Gasteiger charge is 2.24. The summed E-state index contributed by atoms with van der Waals surface area (Å²) >= 11 is 1.58. The second-order valence-electron chi connectivity index (χ2n) is 7.12. The van der Waals surface area contributed by atoms with Gasteiger partial charge >= 0.3 is 0 Å². The molecule has 6 nitrogen and oxygen atoms in total. The third-order valence-electron chi connectivity index (χ3n) is 5.10. The minimum atomic E-state index is -0.138. The summed E-state index contributed by atoms with van der Waals surface area (Å²) in [5, 5.41) is 0.732. The van der Waals surface area contributed by atoms with E-state index in [2.05, 4.69) is 30.9 Å². The lowest BCUT2D eigenvalue weighted by Gasteiger charge is -2.27. The minimum Gasteiger partial charge on any atom is -0.459 e. The van der Waals surface area contributed by atoms with Crippen molar-refractivity contribution in [2.75, 3.05) is 44.3 Å². The Kier molecular flexibility index (Phi) is 5.75. The van der Waals surface area contributed by atoms with Gasteiger partial charge in [0.2, 0.25) is 0 Å².